The molecule has 0 aliphatic carbocycles. The van der Waals surface area contributed by atoms with Crippen molar-refractivity contribution in [1.82, 2.24) is 20.0 Å². The summed E-state index contributed by atoms with van der Waals surface area (Å²) in [5, 5.41) is 7.60. The monoisotopic (exact) mass is 544 g/mol. The second kappa shape index (κ2) is 11.0. The Morgan fingerprint density at radius 3 is 2.28 bits per heavy atom. The number of nitrogens with zero attached hydrogens (tertiary/aromatic N) is 3. The highest BCUT2D eigenvalue weighted by molar-refractivity contribution is 9.10. The molecule has 0 saturated carbocycles. The molecule has 0 aliphatic heterocycles. The highest BCUT2D eigenvalue weighted by atomic mass is 79.9. The number of benzene rings is 3. The Hall–Kier alpha value is -4.17. The van der Waals surface area contributed by atoms with Gasteiger partial charge in [-0.25, -0.2) is 4.68 Å². The van der Waals surface area contributed by atoms with Crippen LogP contribution in [0.3, 0.4) is 0 Å². The zero-order valence-corrected chi connectivity index (χ0v) is 21.7. The molecule has 0 unspecified atom stereocenters. The van der Waals surface area contributed by atoms with Gasteiger partial charge in [-0.1, -0.05) is 36.4 Å². The predicted molar refractivity (Wildman–Crippen MR) is 144 cm³/mol. The molecule has 8 heteroatoms. The van der Waals surface area contributed by atoms with E-state index < -0.39 is 0 Å². The van der Waals surface area contributed by atoms with E-state index in [4.69, 9.17) is 9.84 Å². The van der Waals surface area contributed by atoms with Gasteiger partial charge in [-0.3, -0.25) is 9.59 Å². The summed E-state index contributed by atoms with van der Waals surface area (Å²) in [6, 6.07) is 24.1. The fraction of sp³-hybridized carbons (Fsp3) is 0.107. The lowest BCUT2D eigenvalue weighted by Gasteiger charge is -2.15. The van der Waals surface area contributed by atoms with Gasteiger partial charge < -0.3 is 15.0 Å². The molecular formula is C28H25BrN4O3. The molecule has 0 bridgehead atoms. The number of carbonyl (C=O) groups excluding carboxylic acids is 2. The number of carbonyl (C=O) groups is 2. The van der Waals surface area contributed by atoms with Gasteiger partial charge in [0.05, 0.1) is 17.3 Å². The summed E-state index contributed by atoms with van der Waals surface area (Å²) < 4.78 is 7.88. The molecule has 182 valence electrons. The highest BCUT2D eigenvalue weighted by Gasteiger charge is 2.19. The number of rotatable bonds is 7. The predicted octanol–water partition coefficient (Wildman–Crippen LogP) is 5.17. The van der Waals surface area contributed by atoms with Crippen molar-refractivity contribution in [2.75, 3.05) is 21.2 Å². The first-order chi connectivity index (χ1) is 17.4. The Morgan fingerprint density at radius 2 is 1.67 bits per heavy atom. The van der Waals surface area contributed by atoms with Crippen LogP contribution in [0.1, 0.15) is 15.9 Å². The molecule has 1 aromatic heterocycles. The zero-order chi connectivity index (χ0) is 25.7. The fourth-order valence-electron chi connectivity index (χ4n) is 3.58. The Bertz CT molecular complexity index is 1410. The average Bonchev–Trinajstić information content (AvgIpc) is 3.32. The van der Waals surface area contributed by atoms with Crippen LogP contribution in [0, 0.1) is 0 Å². The van der Waals surface area contributed by atoms with Gasteiger partial charge in [-0.05, 0) is 64.5 Å². The minimum Gasteiger partial charge on any atom is -0.496 e. The molecule has 4 rings (SSSR count). The first-order valence-electron chi connectivity index (χ1n) is 11.2. The van der Waals surface area contributed by atoms with Crippen molar-refractivity contribution >= 4 is 33.8 Å². The number of nitrogens with one attached hydrogen (secondary N) is 1. The Balaban J connectivity index is 1.84. The van der Waals surface area contributed by atoms with Crippen molar-refractivity contribution < 1.29 is 14.3 Å². The van der Waals surface area contributed by atoms with E-state index in [-0.39, 0.29) is 17.5 Å². The fourth-order valence-corrected chi connectivity index (χ4v) is 4.12. The van der Waals surface area contributed by atoms with E-state index in [0.29, 0.717) is 22.6 Å². The summed E-state index contributed by atoms with van der Waals surface area (Å²) in [7, 11) is 4.88. The molecule has 0 radical (unpaired) electrons. The summed E-state index contributed by atoms with van der Waals surface area (Å²) in [5.41, 5.74) is 3.56. The Kier molecular flexibility index (Phi) is 7.65. The number of halogens is 1. The number of aromatic nitrogens is 2. The number of para-hydroxylation sites is 1. The van der Waals surface area contributed by atoms with Crippen molar-refractivity contribution in [1.29, 1.82) is 0 Å². The van der Waals surface area contributed by atoms with E-state index in [1.54, 1.807) is 56.2 Å². The van der Waals surface area contributed by atoms with Crippen LogP contribution < -0.4 is 10.1 Å². The zero-order valence-electron chi connectivity index (χ0n) is 20.1. The molecule has 0 aliphatic rings. The van der Waals surface area contributed by atoms with Gasteiger partial charge in [0.1, 0.15) is 17.1 Å². The molecule has 0 fully saturated rings. The third-order valence-electron chi connectivity index (χ3n) is 5.41. The van der Waals surface area contributed by atoms with Crippen molar-refractivity contribution in [2.24, 2.45) is 0 Å². The lowest BCUT2D eigenvalue weighted by atomic mass is 10.1. The molecule has 7 nitrogen and oxygen atoms in total. The minimum atomic E-state index is -0.374. The van der Waals surface area contributed by atoms with Gasteiger partial charge in [-0.15, -0.1) is 0 Å². The van der Waals surface area contributed by atoms with Crippen LogP contribution in [0.15, 0.2) is 95.2 Å². The molecule has 1 heterocycles. The number of amides is 2. The summed E-state index contributed by atoms with van der Waals surface area (Å²) in [6.45, 7) is 0. The molecular weight excluding hydrogens is 520 g/mol. The van der Waals surface area contributed by atoms with Crippen LogP contribution in [0.5, 0.6) is 5.75 Å². The van der Waals surface area contributed by atoms with Crippen LogP contribution in [0.4, 0.5) is 0 Å². The number of methoxy groups -OCH3 is 1. The van der Waals surface area contributed by atoms with Gasteiger partial charge in [0.25, 0.3) is 11.8 Å². The van der Waals surface area contributed by atoms with E-state index in [2.05, 4.69) is 21.2 Å². The van der Waals surface area contributed by atoms with Crippen molar-refractivity contribution in [2.45, 2.75) is 0 Å². The lowest BCUT2D eigenvalue weighted by Crippen LogP contribution is -2.34. The van der Waals surface area contributed by atoms with Gasteiger partial charge in [0.2, 0.25) is 0 Å². The second-order valence-corrected chi connectivity index (χ2v) is 8.99. The smallest absolute Gasteiger partial charge is 0.269 e. The number of likely N-dealkylation sites (N-methyl/N-ethyl adjacent to an activating group) is 1. The minimum absolute atomic E-state index is 0.135. The lowest BCUT2D eigenvalue weighted by molar-refractivity contribution is -0.124. The van der Waals surface area contributed by atoms with E-state index >= 15 is 0 Å². The van der Waals surface area contributed by atoms with Gasteiger partial charge in [0, 0.05) is 37.0 Å². The van der Waals surface area contributed by atoms with Gasteiger partial charge >= 0.3 is 0 Å². The maximum Gasteiger partial charge on any atom is 0.269 e. The van der Waals surface area contributed by atoms with Crippen molar-refractivity contribution in [3.05, 3.63) is 106 Å². The normalized spacial score (nSPS) is 11.2. The van der Waals surface area contributed by atoms with E-state index in [0.717, 1.165) is 15.7 Å². The number of hydrogen-bond donors (Lipinski definition) is 1. The van der Waals surface area contributed by atoms with Crippen molar-refractivity contribution in [3.63, 3.8) is 0 Å². The van der Waals surface area contributed by atoms with Gasteiger partial charge in [0.15, 0.2) is 0 Å². The topological polar surface area (TPSA) is 76.5 Å². The van der Waals surface area contributed by atoms with Crippen LogP contribution in [-0.2, 0) is 4.79 Å². The standard InChI is InChI=1S/C28H25BrN4O3/c1-32(2)28(35)24(30-27(34)19-10-6-4-7-11-19)17-21-18-33(22-12-8-5-9-13-22)31-26(21)20-14-15-25(36-3)23(29)16-20/h4-18H,1-3H3,(H,30,34). The number of ether oxygens (including phenoxy) is 1. The third kappa shape index (κ3) is 5.55. The molecule has 2 amide bonds. The van der Waals surface area contributed by atoms with E-state index in [1.165, 1.54) is 4.90 Å². The maximum absolute atomic E-state index is 13.1. The third-order valence-corrected chi connectivity index (χ3v) is 6.03. The first kappa shape index (κ1) is 24.9. The van der Waals surface area contributed by atoms with Crippen molar-refractivity contribution in [3.8, 4) is 22.7 Å². The number of hydrogen-bond acceptors (Lipinski definition) is 4. The Morgan fingerprint density at radius 1 is 1.00 bits per heavy atom. The molecule has 3 aromatic carbocycles. The molecule has 0 saturated heterocycles. The molecule has 0 spiro atoms. The molecule has 1 N–H and O–H groups in total. The molecule has 36 heavy (non-hydrogen) atoms. The quantitative estimate of drug-likeness (QED) is 0.325. The van der Waals surface area contributed by atoms with E-state index in [9.17, 15) is 9.59 Å². The molecule has 0 atom stereocenters. The van der Waals surface area contributed by atoms with E-state index in [1.807, 2.05) is 60.8 Å². The molecule has 4 aromatic rings. The second-order valence-electron chi connectivity index (χ2n) is 8.14. The first-order valence-corrected chi connectivity index (χ1v) is 12.0. The summed E-state index contributed by atoms with van der Waals surface area (Å²) >= 11 is 3.54. The largest absolute Gasteiger partial charge is 0.496 e. The van der Waals surface area contributed by atoms with Crippen LogP contribution >= 0.6 is 15.9 Å². The highest BCUT2D eigenvalue weighted by Crippen LogP contribution is 2.32. The average molecular weight is 545 g/mol. The summed E-state index contributed by atoms with van der Waals surface area (Å²) in [4.78, 5) is 27.4. The van der Waals surface area contributed by atoms with Crippen LogP contribution in [-0.4, -0.2) is 47.7 Å². The SMILES string of the molecule is COc1ccc(-c2nn(-c3ccccc3)cc2C=C(NC(=O)c2ccccc2)C(=O)N(C)C)cc1Br. The van der Waals surface area contributed by atoms with Gasteiger partial charge in [-0.2, -0.15) is 5.10 Å². The maximum atomic E-state index is 13.1. The van der Waals surface area contributed by atoms with Crippen LogP contribution in [0.25, 0.3) is 23.0 Å². The summed E-state index contributed by atoms with van der Waals surface area (Å²) in [6.07, 6.45) is 3.49. The summed E-state index contributed by atoms with van der Waals surface area (Å²) in [5.74, 6) is -0.0215. The van der Waals surface area contributed by atoms with Crippen LogP contribution in [0.2, 0.25) is 0 Å². The Labute approximate surface area is 218 Å².